The Morgan fingerprint density at radius 2 is 1.75 bits per heavy atom. The second kappa shape index (κ2) is 7.25. The van der Waals surface area contributed by atoms with E-state index in [1.807, 2.05) is 20.8 Å². The molecule has 3 nitrogen and oxygen atoms in total. The summed E-state index contributed by atoms with van der Waals surface area (Å²) in [5.41, 5.74) is 0. The summed E-state index contributed by atoms with van der Waals surface area (Å²) in [6.45, 7) is 6.93. The van der Waals surface area contributed by atoms with Crippen molar-refractivity contribution in [3.05, 3.63) is 0 Å². The molecule has 1 atom stereocenters. The van der Waals surface area contributed by atoms with Gasteiger partial charge in [-0.15, -0.1) is 0 Å². The van der Waals surface area contributed by atoms with E-state index in [1.165, 1.54) is 0 Å². The van der Waals surface area contributed by atoms with Crippen molar-refractivity contribution in [2.75, 3.05) is 13.2 Å². The van der Waals surface area contributed by atoms with Gasteiger partial charge in [0.25, 0.3) is 0 Å². The second-order valence-electron chi connectivity index (χ2n) is 2.69. The van der Waals surface area contributed by atoms with Crippen molar-refractivity contribution in [3.63, 3.8) is 0 Å². The van der Waals surface area contributed by atoms with Crippen molar-refractivity contribution in [3.8, 4) is 0 Å². The quantitative estimate of drug-likeness (QED) is 0.434. The summed E-state index contributed by atoms with van der Waals surface area (Å²) in [6, 6.07) is 0. The predicted octanol–water partition coefficient (Wildman–Crippen LogP) is 1.61. The van der Waals surface area contributed by atoms with Crippen LogP contribution in [0.5, 0.6) is 0 Å². The van der Waals surface area contributed by atoms with Crippen molar-refractivity contribution in [1.29, 1.82) is 0 Å². The third-order valence-corrected chi connectivity index (χ3v) is 1.50. The number of ether oxygens (including phenoxy) is 2. The van der Waals surface area contributed by atoms with Gasteiger partial charge in [0.05, 0.1) is 0 Å². The first-order valence-corrected chi connectivity index (χ1v) is 4.43. The van der Waals surface area contributed by atoms with E-state index in [0.29, 0.717) is 19.6 Å². The molecule has 0 fully saturated rings. The van der Waals surface area contributed by atoms with Crippen molar-refractivity contribution >= 4 is 6.29 Å². The summed E-state index contributed by atoms with van der Waals surface area (Å²) in [5, 5.41) is 0. The number of carbonyl (C=O) groups is 1. The van der Waals surface area contributed by atoms with Gasteiger partial charge < -0.3 is 14.3 Å². The molecule has 0 aliphatic rings. The van der Waals surface area contributed by atoms with Crippen molar-refractivity contribution in [2.24, 2.45) is 5.92 Å². The van der Waals surface area contributed by atoms with Gasteiger partial charge in [0, 0.05) is 25.6 Å². The van der Waals surface area contributed by atoms with Crippen LogP contribution in [0, 0.1) is 5.92 Å². The predicted molar refractivity (Wildman–Crippen MR) is 46.9 cm³/mol. The lowest BCUT2D eigenvalue weighted by molar-refractivity contribution is -0.147. The first-order valence-electron chi connectivity index (χ1n) is 4.43. The van der Waals surface area contributed by atoms with E-state index in [0.717, 1.165) is 6.29 Å². The topological polar surface area (TPSA) is 35.5 Å². The molecule has 0 aromatic carbocycles. The van der Waals surface area contributed by atoms with Gasteiger partial charge in [0.2, 0.25) is 0 Å². The van der Waals surface area contributed by atoms with Gasteiger partial charge in [-0.1, -0.05) is 6.92 Å². The Bertz CT molecular complexity index is 108. The minimum atomic E-state index is -0.222. The van der Waals surface area contributed by atoms with Gasteiger partial charge in [0.1, 0.15) is 6.29 Å². The highest BCUT2D eigenvalue weighted by Crippen LogP contribution is 2.08. The fourth-order valence-corrected chi connectivity index (χ4v) is 0.915. The Balaban J connectivity index is 3.68. The average Bonchev–Trinajstić information content (AvgIpc) is 2.05. The van der Waals surface area contributed by atoms with Crippen molar-refractivity contribution < 1.29 is 14.3 Å². The summed E-state index contributed by atoms with van der Waals surface area (Å²) in [6.07, 6.45) is 1.34. The molecule has 12 heavy (non-hydrogen) atoms. The van der Waals surface area contributed by atoms with Crippen LogP contribution in [-0.4, -0.2) is 25.8 Å². The minimum absolute atomic E-state index is 0.00750. The summed E-state index contributed by atoms with van der Waals surface area (Å²) in [7, 11) is 0. The lowest BCUT2D eigenvalue weighted by atomic mass is 10.1. The third-order valence-electron chi connectivity index (χ3n) is 1.50. The SMILES string of the molecule is CCOC(CC(C)C=O)OCC. The lowest BCUT2D eigenvalue weighted by Gasteiger charge is -2.17. The van der Waals surface area contributed by atoms with E-state index < -0.39 is 0 Å². The zero-order chi connectivity index (χ0) is 9.40. The first-order chi connectivity index (χ1) is 5.74. The van der Waals surface area contributed by atoms with Gasteiger partial charge in [-0.05, 0) is 13.8 Å². The van der Waals surface area contributed by atoms with Crippen LogP contribution in [0.2, 0.25) is 0 Å². The fraction of sp³-hybridized carbons (Fsp3) is 0.889. The molecule has 0 bridgehead atoms. The van der Waals surface area contributed by atoms with Gasteiger partial charge in [-0.25, -0.2) is 0 Å². The molecule has 0 rings (SSSR count). The Labute approximate surface area is 74.0 Å². The third kappa shape index (κ3) is 5.27. The van der Waals surface area contributed by atoms with Crippen LogP contribution in [-0.2, 0) is 14.3 Å². The highest BCUT2D eigenvalue weighted by atomic mass is 16.7. The number of carbonyl (C=O) groups excluding carboxylic acids is 1. The van der Waals surface area contributed by atoms with E-state index in [4.69, 9.17) is 9.47 Å². The smallest absolute Gasteiger partial charge is 0.158 e. The minimum Gasteiger partial charge on any atom is -0.353 e. The number of hydrogen-bond donors (Lipinski definition) is 0. The van der Waals surface area contributed by atoms with E-state index in [1.54, 1.807) is 0 Å². The average molecular weight is 174 g/mol. The fourth-order valence-electron chi connectivity index (χ4n) is 0.915. The molecule has 0 aliphatic carbocycles. The molecule has 0 aromatic heterocycles. The van der Waals surface area contributed by atoms with Crippen LogP contribution in [0.15, 0.2) is 0 Å². The lowest BCUT2D eigenvalue weighted by Crippen LogP contribution is -2.20. The first kappa shape index (κ1) is 11.6. The maximum atomic E-state index is 10.3. The summed E-state index contributed by atoms with van der Waals surface area (Å²) >= 11 is 0. The molecule has 0 aliphatic heterocycles. The van der Waals surface area contributed by atoms with Crippen LogP contribution in [0.3, 0.4) is 0 Å². The number of hydrogen-bond acceptors (Lipinski definition) is 3. The molecule has 72 valence electrons. The Hall–Kier alpha value is -0.410. The number of aldehydes is 1. The molecule has 0 aromatic rings. The molecular formula is C9H18O3. The Kier molecular flexibility index (Phi) is 7.00. The molecule has 0 N–H and O–H groups in total. The normalized spacial score (nSPS) is 13.3. The Morgan fingerprint density at radius 3 is 2.08 bits per heavy atom. The van der Waals surface area contributed by atoms with E-state index in [2.05, 4.69) is 0 Å². The van der Waals surface area contributed by atoms with Gasteiger partial charge in [-0.3, -0.25) is 0 Å². The van der Waals surface area contributed by atoms with Gasteiger partial charge >= 0.3 is 0 Å². The zero-order valence-corrected chi connectivity index (χ0v) is 8.08. The van der Waals surface area contributed by atoms with Crippen LogP contribution in [0.4, 0.5) is 0 Å². The molecule has 0 saturated heterocycles. The molecule has 0 radical (unpaired) electrons. The molecule has 0 saturated carbocycles. The van der Waals surface area contributed by atoms with E-state index in [-0.39, 0.29) is 12.2 Å². The monoisotopic (exact) mass is 174 g/mol. The van der Waals surface area contributed by atoms with Crippen molar-refractivity contribution in [1.82, 2.24) is 0 Å². The number of rotatable bonds is 7. The van der Waals surface area contributed by atoms with Gasteiger partial charge in [0.15, 0.2) is 6.29 Å². The molecule has 1 unspecified atom stereocenters. The van der Waals surface area contributed by atoms with Crippen LogP contribution >= 0.6 is 0 Å². The zero-order valence-electron chi connectivity index (χ0n) is 8.08. The summed E-state index contributed by atoms with van der Waals surface area (Å²) < 4.78 is 10.5. The summed E-state index contributed by atoms with van der Waals surface area (Å²) in [5.74, 6) is 0.00750. The Morgan fingerprint density at radius 1 is 1.25 bits per heavy atom. The molecule has 0 heterocycles. The highest BCUT2D eigenvalue weighted by Gasteiger charge is 2.11. The highest BCUT2D eigenvalue weighted by molar-refractivity contribution is 5.52. The maximum Gasteiger partial charge on any atom is 0.158 e. The maximum absolute atomic E-state index is 10.3. The molecular weight excluding hydrogens is 156 g/mol. The van der Waals surface area contributed by atoms with E-state index in [9.17, 15) is 4.79 Å². The molecule has 3 heteroatoms. The van der Waals surface area contributed by atoms with Crippen LogP contribution < -0.4 is 0 Å². The molecule has 0 amide bonds. The van der Waals surface area contributed by atoms with Crippen LogP contribution in [0.1, 0.15) is 27.2 Å². The standard InChI is InChI=1S/C9H18O3/c1-4-11-9(12-5-2)6-8(3)7-10/h7-9H,4-6H2,1-3H3. The second-order valence-corrected chi connectivity index (χ2v) is 2.69. The molecule has 0 spiro atoms. The van der Waals surface area contributed by atoms with E-state index >= 15 is 0 Å². The van der Waals surface area contributed by atoms with Crippen LogP contribution in [0.25, 0.3) is 0 Å². The van der Waals surface area contributed by atoms with Crippen molar-refractivity contribution in [2.45, 2.75) is 33.5 Å². The van der Waals surface area contributed by atoms with Gasteiger partial charge in [-0.2, -0.15) is 0 Å². The largest absolute Gasteiger partial charge is 0.353 e. The summed E-state index contributed by atoms with van der Waals surface area (Å²) in [4.78, 5) is 10.3.